The van der Waals surface area contributed by atoms with Gasteiger partial charge in [0.25, 0.3) is 5.91 Å². The van der Waals surface area contributed by atoms with Crippen LogP contribution in [0.4, 0.5) is 0 Å². The summed E-state index contributed by atoms with van der Waals surface area (Å²) >= 11 is 0. The topological polar surface area (TPSA) is 38.3 Å². The van der Waals surface area contributed by atoms with Crippen molar-refractivity contribution >= 4 is 5.91 Å². The zero-order valence-corrected chi connectivity index (χ0v) is 10.9. The van der Waals surface area contributed by atoms with Crippen molar-refractivity contribution < 1.29 is 9.53 Å². The lowest BCUT2D eigenvalue weighted by Crippen LogP contribution is -2.36. The standard InChI is InChI=1S/C15H21NO2/c1-18-11-12-7-9-13(10-8-12)15(17)16-14-5-3-2-4-6-14/h7-10,14H,2-6,11H2,1H3,(H,16,17). The molecule has 0 aliphatic heterocycles. The Labute approximate surface area is 109 Å². The Morgan fingerprint density at radius 1 is 1.22 bits per heavy atom. The first-order valence-corrected chi connectivity index (χ1v) is 6.68. The van der Waals surface area contributed by atoms with Crippen molar-refractivity contribution in [3.05, 3.63) is 35.4 Å². The highest BCUT2D eigenvalue weighted by atomic mass is 16.5. The second kappa shape index (κ2) is 6.55. The summed E-state index contributed by atoms with van der Waals surface area (Å²) in [5.74, 6) is 0.0471. The third-order valence-corrected chi connectivity index (χ3v) is 3.47. The quantitative estimate of drug-likeness (QED) is 0.888. The summed E-state index contributed by atoms with van der Waals surface area (Å²) in [7, 11) is 1.67. The molecule has 1 aliphatic rings. The minimum atomic E-state index is 0.0471. The molecule has 1 saturated carbocycles. The van der Waals surface area contributed by atoms with Gasteiger partial charge in [-0.2, -0.15) is 0 Å². The summed E-state index contributed by atoms with van der Waals surface area (Å²) < 4.78 is 5.05. The molecule has 1 fully saturated rings. The number of hydrogen-bond acceptors (Lipinski definition) is 2. The Kier molecular flexibility index (Phi) is 4.76. The summed E-state index contributed by atoms with van der Waals surface area (Å²) in [5.41, 5.74) is 1.83. The molecule has 3 nitrogen and oxygen atoms in total. The van der Waals surface area contributed by atoms with E-state index in [0.717, 1.165) is 24.0 Å². The van der Waals surface area contributed by atoms with Crippen LogP contribution in [0.25, 0.3) is 0 Å². The molecule has 3 heteroatoms. The van der Waals surface area contributed by atoms with Gasteiger partial charge in [-0.05, 0) is 30.5 Å². The Morgan fingerprint density at radius 2 is 1.89 bits per heavy atom. The van der Waals surface area contributed by atoms with E-state index in [4.69, 9.17) is 4.74 Å². The molecule has 1 amide bonds. The van der Waals surface area contributed by atoms with Crippen LogP contribution in [0.5, 0.6) is 0 Å². The second-order valence-corrected chi connectivity index (χ2v) is 4.94. The molecule has 1 aromatic carbocycles. The third kappa shape index (κ3) is 3.57. The first-order valence-electron chi connectivity index (χ1n) is 6.68. The Bertz CT molecular complexity index is 380. The van der Waals surface area contributed by atoms with E-state index in [-0.39, 0.29) is 5.91 Å². The summed E-state index contributed by atoms with van der Waals surface area (Å²) in [5, 5.41) is 3.12. The lowest BCUT2D eigenvalue weighted by atomic mass is 9.95. The van der Waals surface area contributed by atoms with Crippen molar-refractivity contribution in [3.8, 4) is 0 Å². The van der Waals surface area contributed by atoms with E-state index < -0.39 is 0 Å². The Hall–Kier alpha value is -1.35. The van der Waals surface area contributed by atoms with E-state index in [1.807, 2.05) is 24.3 Å². The van der Waals surface area contributed by atoms with Crippen LogP contribution in [0, 0.1) is 0 Å². The van der Waals surface area contributed by atoms with E-state index in [1.54, 1.807) is 7.11 Å². The van der Waals surface area contributed by atoms with Gasteiger partial charge >= 0.3 is 0 Å². The van der Waals surface area contributed by atoms with Crippen LogP contribution in [-0.2, 0) is 11.3 Å². The number of hydrogen-bond donors (Lipinski definition) is 1. The monoisotopic (exact) mass is 247 g/mol. The van der Waals surface area contributed by atoms with Crippen molar-refractivity contribution in [3.63, 3.8) is 0 Å². The number of rotatable bonds is 4. The van der Waals surface area contributed by atoms with Crippen molar-refractivity contribution in [2.45, 2.75) is 44.8 Å². The van der Waals surface area contributed by atoms with Crippen molar-refractivity contribution in [2.75, 3.05) is 7.11 Å². The summed E-state index contributed by atoms with van der Waals surface area (Å²) in [6.07, 6.45) is 6.01. The van der Waals surface area contributed by atoms with Crippen molar-refractivity contribution in [1.29, 1.82) is 0 Å². The predicted molar refractivity (Wildman–Crippen MR) is 71.5 cm³/mol. The Morgan fingerprint density at radius 3 is 2.50 bits per heavy atom. The summed E-state index contributed by atoms with van der Waals surface area (Å²) in [6.45, 7) is 0.588. The molecular formula is C15H21NO2. The SMILES string of the molecule is COCc1ccc(C(=O)NC2CCCCC2)cc1. The fourth-order valence-corrected chi connectivity index (χ4v) is 2.43. The van der Waals surface area contributed by atoms with Crippen LogP contribution in [-0.4, -0.2) is 19.1 Å². The molecule has 18 heavy (non-hydrogen) atoms. The Balaban J connectivity index is 1.91. The van der Waals surface area contributed by atoms with Crippen molar-refractivity contribution in [2.24, 2.45) is 0 Å². The molecule has 1 aliphatic carbocycles. The van der Waals surface area contributed by atoms with Gasteiger partial charge in [-0.3, -0.25) is 4.79 Å². The van der Waals surface area contributed by atoms with Gasteiger partial charge in [-0.15, -0.1) is 0 Å². The van der Waals surface area contributed by atoms with Crippen LogP contribution < -0.4 is 5.32 Å². The molecule has 0 aromatic heterocycles. The highest BCUT2D eigenvalue weighted by Gasteiger charge is 2.16. The lowest BCUT2D eigenvalue weighted by Gasteiger charge is -2.22. The number of ether oxygens (including phenoxy) is 1. The number of carbonyl (C=O) groups is 1. The summed E-state index contributed by atoms with van der Waals surface area (Å²) in [4.78, 5) is 12.0. The van der Waals surface area contributed by atoms with Crippen LogP contribution >= 0.6 is 0 Å². The maximum absolute atomic E-state index is 12.0. The largest absolute Gasteiger partial charge is 0.380 e. The molecule has 0 heterocycles. The zero-order chi connectivity index (χ0) is 12.8. The van der Waals surface area contributed by atoms with Gasteiger partial charge in [-0.1, -0.05) is 31.4 Å². The van der Waals surface area contributed by atoms with E-state index in [1.165, 1.54) is 19.3 Å². The molecular weight excluding hydrogens is 226 g/mol. The number of nitrogens with one attached hydrogen (secondary N) is 1. The number of amides is 1. The third-order valence-electron chi connectivity index (χ3n) is 3.47. The smallest absolute Gasteiger partial charge is 0.251 e. The van der Waals surface area contributed by atoms with E-state index in [2.05, 4.69) is 5.32 Å². The average Bonchev–Trinajstić information content (AvgIpc) is 2.41. The van der Waals surface area contributed by atoms with Crippen LogP contribution in [0.1, 0.15) is 48.0 Å². The predicted octanol–water partition coefficient (Wildman–Crippen LogP) is 2.90. The fraction of sp³-hybridized carbons (Fsp3) is 0.533. The van der Waals surface area contributed by atoms with E-state index >= 15 is 0 Å². The van der Waals surface area contributed by atoms with Crippen LogP contribution in [0.3, 0.4) is 0 Å². The second-order valence-electron chi connectivity index (χ2n) is 4.94. The maximum atomic E-state index is 12.0. The minimum Gasteiger partial charge on any atom is -0.380 e. The van der Waals surface area contributed by atoms with E-state index in [0.29, 0.717) is 12.6 Å². The molecule has 0 bridgehead atoms. The van der Waals surface area contributed by atoms with Gasteiger partial charge in [0, 0.05) is 18.7 Å². The van der Waals surface area contributed by atoms with Gasteiger partial charge in [-0.25, -0.2) is 0 Å². The van der Waals surface area contributed by atoms with Gasteiger partial charge in [0.15, 0.2) is 0 Å². The first kappa shape index (κ1) is 13.1. The molecule has 0 atom stereocenters. The first-order chi connectivity index (χ1) is 8.79. The molecule has 0 saturated heterocycles. The minimum absolute atomic E-state index is 0.0471. The van der Waals surface area contributed by atoms with Gasteiger partial charge in [0.05, 0.1) is 6.61 Å². The molecule has 2 rings (SSSR count). The molecule has 1 aromatic rings. The summed E-state index contributed by atoms with van der Waals surface area (Å²) in [6, 6.07) is 7.99. The molecule has 0 unspecified atom stereocenters. The highest BCUT2D eigenvalue weighted by Crippen LogP contribution is 2.18. The highest BCUT2D eigenvalue weighted by molar-refractivity contribution is 5.94. The average molecular weight is 247 g/mol. The van der Waals surface area contributed by atoms with E-state index in [9.17, 15) is 4.79 Å². The maximum Gasteiger partial charge on any atom is 0.251 e. The van der Waals surface area contributed by atoms with Crippen LogP contribution in [0.15, 0.2) is 24.3 Å². The normalized spacial score (nSPS) is 16.5. The lowest BCUT2D eigenvalue weighted by molar-refractivity contribution is 0.0927. The van der Waals surface area contributed by atoms with Crippen molar-refractivity contribution in [1.82, 2.24) is 5.32 Å². The van der Waals surface area contributed by atoms with Gasteiger partial charge in [0.1, 0.15) is 0 Å². The number of carbonyl (C=O) groups excluding carboxylic acids is 1. The molecule has 1 N–H and O–H groups in total. The molecule has 98 valence electrons. The van der Waals surface area contributed by atoms with Gasteiger partial charge < -0.3 is 10.1 Å². The molecule has 0 spiro atoms. The van der Waals surface area contributed by atoms with Gasteiger partial charge in [0.2, 0.25) is 0 Å². The number of methoxy groups -OCH3 is 1. The van der Waals surface area contributed by atoms with Crippen LogP contribution in [0.2, 0.25) is 0 Å². The zero-order valence-electron chi connectivity index (χ0n) is 10.9. The number of benzene rings is 1. The molecule has 0 radical (unpaired) electrons. The fourth-order valence-electron chi connectivity index (χ4n) is 2.43.